The zero-order valence-electron chi connectivity index (χ0n) is 9.21. The Morgan fingerprint density at radius 2 is 2.25 bits per heavy atom. The molecule has 1 aromatic rings. The average Bonchev–Trinajstić information content (AvgIpc) is 2.27. The van der Waals surface area contributed by atoms with Gasteiger partial charge in [-0.3, -0.25) is 0 Å². The number of piperidine rings is 1. The van der Waals surface area contributed by atoms with Gasteiger partial charge >= 0.3 is 0 Å². The second kappa shape index (κ2) is 5.55. The fraction of sp³-hybridized carbons (Fsp3) is 0.500. The molecular formula is C12H17FN2S. The predicted molar refractivity (Wildman–Crippen MR) is 67.2 cm³/mol. The monoisotopic (exact) mass is 240 g/mol. The lowest BCUT2D eigenvalue weighted by Gasteiger charge is -2.22. The molecule has 1 aliphatic heterocycles. The van der Waals surface area contributed by atoms with E-state index in [4.69, 9.17) is 5.73 Å². The molecule has 1 heterocycles. The van der Waals surface area contributed by atoms with E-state index in [2.05, 4.69) is 5.32 Å². The number of nitrogens with one attached hydrogen (secondary N) is 1. The number of thioether (sulfide) groups is 1. The first-order valence-corrected chi connectivity index (χ1v) is 6.65. The summed E-state index contributed by atoms with van der Waals surface area (Å²) >= 11 is 1.67. The van der Waals surface area contributed by atoms with Gasteiger partial charge in [-0.05, 0) is 37.6 Å². The van der Waals surface area contributed by atoms with E-state index in [1.165, 1.54) is 25.3 Å². The van der Waals surface area contributed by atoms with Gasteiger partial charge in [0.25, 0.3) is 0 Å². The Hall–Kier alpha value is -0.740. The van der Waals surface area contributed by atoms with Gasteiger partial charge in [0.2, 0.25) is 0 Å². The molecule has 1 atom stereocenters. The van der Waals surface area contributed by atoms with Crippen LogP contribution in [0.4, 0.5) is 10.1 Å². The molecule has 4 heteroatoms. The Bertz CT molecular complexity index is 331. The molecule has 2 nitrogen and oxygen atoms in total. The van der Waals surface area contributed by atoms with Crippen LogP contribution in [0.15, 0.2) is 23.1 Å². The largest absolute Gasteiger partial charge is 0.399 e. The Kier molecular flexibility index (Phi) is 4.07. The molecule has 0 aliphatic carbocycles. The highest BCUT2D eigenvalue weighted by molar-refractivity contribution is 7.99. The summed E-state index contributed by atoms with van der Waals surface area (Å²) < 4.78 is 13.1. The lowest BCUT2D eigenvalue weighted by molar-refractivity contribution is 0.430. The summed E-state index contributed by atoms with van der Waals surface area (Å²) in [5.74, 6) is 0.738. The predicted octanol–water partition coefficient (Wildman–Crippen LogP) is 2.64. The highest BCUT2D eigenvalue weighted by atomic mass is 32.2. The van der Waals surface area contributed by atoms with Gasteiger partial charge in [0, 0.05) is 22.4 Å². The first-order valence-electron chi connectivity index (χ1n) is 5.66. The van der Waals surface area contributed by atoms with Crippen LogP contribution in [0, 0.1) is 5.82 Å². The van der Waals surface area contributed by atoms with Crippen LogP contribution in [0.25, 0.3) is 0 Å². The number of rotatable bonds is 3. The van der Waals surface area contributed by atoms with Crippen molar-refractivity contribution in [3.63, 3.8) is 0 Å². The topological polar surface area (TPSA) is 38.0 Å². The lowest BCUT2D eigenvalue weighted by atomic mass is 10.1. The molecule has 16 heavy (non-hydrogen) atoms. The van der Waals surface area contributed by atoms with Crippen LogP contribution >= 0.6 is 11.8 Å². The Morgan fingerprint density at radius 1 is 1.38 bits per heavy atom. The van der Waals surface area contributed by atoms with E-state index in [-0.39, 0.29) is 5.82 Å². The van der Waals surface area contributed by atoms with Crippen molar-refractivity contribution in [2.75, 3.05) is 18.0 Å². The van der Waals surface area contributed by atoms with E-state index in [0.29, 0.717) is 11.7 Å². The molecule has 0 spiro atoms. The molecule has 1 saturated heterocycles. The first kappa shape index (κ1) is 11.7. The Labute approximate surface area is 99.8 Å². The van der Waals surface area contributed by atoms with Crippen molar-refractivity contribution in [2.24, 2.45) is 0 Å². The van der Waals surface area contributed by atoms with Crippen molar-refractivity contribution in [3.8, 4) is 0 Å². The van der Waals surface area contributed by atoms with Crippen molar-refractivity contribution in [2.45, 2.75) is 30.2 Å². The Balaban J connectivity index is 1.88. The summed E-state index contributed by atoms with van der Waals surface area (Å²) in [4.78, 5) is 0.921. The standard InChI is InChI=1S/C12H17FN2S/c13-9-5-10(14)7-12(6-9)16-8-11-3-1-2-4-15-11/h5-7,11,15H,1-4,8,14H2. The van der Waals surface area contributed by atoms with Crippen LogP contribution in [0.5, 0.6) is 0 Å². The molecule has 0 aromatic heterocycles. The summed E-state index contributed by atoms with van der Waals surface area (Å²) in [6.07, 6.45) is 3.79. The zero-order chi connectivity index (χ0) is 11.4. The van der Waals surface area contributed by atoms with Gasteiger partial charge in [-0.25, -0.2) is 4.39 Å². The van der Waals surface area contributed by atoms with Crippen molar-refractivity contribution in [3.05, 3.63) is 24.0 Å². The fourth-order valence-electron chi connectivity index (χ4n) is 1.93. The highest BCUT2D eigenvalue weighted by Crippen LogP contribution is 2.24. The van der Waals surface area contributed by atoms with Crippen molar-refractivity contribution in [1.29, 1.82) is 0 Å². The minimum Gasteiger partial charge on any atom is -0.399 e. The number of halogens is 1. The van der Waals surface area contributed by atoms with Crippen LogP contribution in [-0.2, 0) is 0 Å². The number of hydrogen-bond acceptors (Lipinski definition) is 3. The summed E-state index contributed by atoms with van der Waals surface area (Å²) in [6.45, 7) is 1.11. The second-order valence-corrected chi connectivity index (χ2v) is 5.27. The number of hydrogen-bond donors (Lipinski definition) is 2. The van der Waals surface area contributed by atoms with Gasteiger partial charge < -0.3 is 11.1 Å². The molecule has 0 bridgehead atoms. The lowest BCUT2D eigenvalue weighted by Crippen LogP contribution is -2.35. The maximum Gasteiger partial charge on any atom is 0.126 e. The van der Waals surface area contributed by atoms with Crippen molar-refractivity contribution >= 4 is 17.4 Å². The van der Waals surface area contributed by atoms with Gasteiger partial charge in [-0.1, -0.05) is 6.42 Å². The van der Waals surface area contributed by atoms with E-state index in [9.17, 15) is 4.39 Å². The Morgan fingerprint density at radius 3 is 2.94 bits per heavy atom. The van der Waals surface area contributed by atoms with Gasteiger partial charge in [0.15, 0.2) is 0 Å². The van der Waals surface area contributed by atoms with Crippen molar-refractivity contribution in [1.82, 2.24) is 5.32 Å². The molecule has 0 amide bonds. The third kappa shape index (κ3) is 3.39. The molecule has 3 N–H and O–H groups in total. The normalized spacial score (nSPS) is 20.9. The summed E-state index contributed by atoms with van der Waals surface area (Å²) in [5, 5.41) is 3.47. The average molecular weight is 240 g/mol. The highest BCUT2D eigenvalue weighted by Gasteiger charge is 2.12. The third-order valence-corrected chi connectivity index (χ3v) is 3.90. The first-order chi connectivity index (χ1) is 7.74. The molecular weight excluding hydrogens is 223 g/mol. The molecule has 1 aromatic carbocycles. The van der Waals surface area contributed by atoms with Gasteiger partial charge in [0.05, 0.1) is 0 Å². The molecule has 1 fully saturated rings. The van der Waals surface area contributed by atoms with E-state index in [1.807, 2.05) is 6.07 Å². The molecule has 1 aliphatic rings. The minimum atomic E-state index is -0.251. The van der Waals surface area contributed by atoms with E-state index in [0.717, 1.165) is 17.2 Å². The van der Waals surface area contributed by atoms with Crippen LogP contribution in [-0.4, -0.2) is 18.3 Å². The van der Waals surface area contributed by atoms with E-state index >= 15 is 0 Å². The summed E-state index contributed by atoms with van der Waals surface area (Å²) in [6, 6.07) is 5.28. The molecule has 0 radical (unpaired) electrons. The smallest absolute Gasteiger partial charge is 0.126 e. The maximum atomic E-state index is 13.1. The number of benzene rings is 1. The van der Waals surface area contributed by atoms with Gasteiger partial charge in [0.1, 0.15) is 5.82 Å². The van der Waals surface area contributed by atoms with E-state index in [1.54, 1.807) is 17.8 Å². The van der Waals surface area contributed by atoms with Crippen LogP contribution < -0.4 is 11.1 Å². The zero-order valence-corrected chi connectivity index (χ0v) is 10.0. The quantitative estimate of drug-likeness (QED) is 0.630. The van der Waals surface area contributed by atoms with Crippen LogP contribution in [0.1, 0.15) is 19.3 Å². The fourth-order valence-corrected chi connectivity index (χ4v) is 3.02. The van der Waals surface area contributed by atoms with Crippen LogP contribution in [0.3, 0.4) is 0 Å². The van der Waals surface area contributed by atoms with Gasteiger partial charge in [-0.2, -0.15) is 0 Å². The van der Waals surface area contributed by atoms with Crippen molar-refractivity contribution < 1.29 is 4.39 Å². The summed E-state index contributed by atoms with van der Waals surface area (Å²) in [7, 11) is 0. The molecule has 2 rings (SSSR count). The number of nitrogens with two attached hydrogens (primary N) is 1. The minimum absolute atomic E-state index is 0.251. The van der Waals surface area contributed by atoms with Gasteiger partial charge in [-0.15, -0.1) is 11.8 Å². The number of anilines is 1. The third-order valence-electron chi connectivity index (χ3n) is 2.76. The second-order valence-electron chi connectivity index (χ2n) is 4.18. The number of nitrogen functional groups attached to an aromatic ring is 1. The molecule has 1 unspecified atom stereocenters. The SMILES string of the molecule is Nc1cc(F)cc(SCC2CCCCN2)c1. The summed E-state index contributed by atoms with van der Waals surface area (Å²) in [5.41, 5.74) is 6.10. The maximum absolute atomic E-state index is 13.1. The van der Waals surface area contributed by atoms with Crippen LogP contribution in [0.2, 0.25) is 0 Å². The molecule has 88 valence electrons. The van der Waals surface area contributed by atoms with E-state index < -0.39 is 0 Å². The molecule has 0 saturated carbocycles.